The summed E-state index contributed by atoms with van der Waals surface area (Å²) < 4.78 is 12.7. The quantitative estimate of drug-likeness (QED) is 0.745. The van der Waals surface area contributed by atoms with E-state index >= 15 is 0 Å². The molecule has 1 N–H and O–H groups in total. The predicted molar refractivity (Wildman–Crippen MR) is 52.6 cm³/mol. The molecule has 3 nitrogen and oxygen atoms in total. The standard InChI is InChI=1S/C8H8FN3S/c9-6-3-7(5-10-4-6)12-8-11-1-2-13-8/h3-5H,1-2H2,(H,11,12). The van der Waals surface area contributed by atoms with Crippen LogP contribution in [-0.2, 0) is 0 Å². The van der Waals surface area contributed by atoms with Gasteiger partial charge >= 0.3 is 0 Å². The normalized spacial score (nSPS) is 15.6. The summed E-state index contributed by atoms with van der Waals surface area (Å²) in [5.74, 6) is 0.652. The molecule has 0 bridgehead atoms. The summed E-state index contributed by atoms with van der Waals surface area (Å²) in [6.07, 6.45) is 2.75. The average Bonchev–Trinajstić information content (AvgIpc) is 2.57. The van der Waals surface area contributed by atoms with E-state index in [1.54, 1.807) is 18.0 Å². The maximum absolute atomic E-state index is 12.7. The van der Waals surface area contributed by atoms with Crippen molar-refractivity contribution in [2.75, 3.05) is 17.6 Å². The third-order valence-electron chi connectivity index (χ3n) is 1.54. The summed E-state index contributed by atoms with van der Waals surface area (Å²) in [5, 5.41) is 3.83. The van der Waals surface area contributed by atoms with E-state index in [1.165, 1.54) is 12.3 Å². The zero-order valence-corrected chi connectivity index (χ0v) is 7.64. The molecule has 0 atom stereocenters. The number of nitrogens with zero attached hydrogens (tertiary/aromatic N) is 2. The highest BCUT2D eigenvalue weighted by atomic mass is 32.2. The summed E-state index contributed by atoms with van der Waals surface area (Å²) in [4.78, 5) is 7.90. The molecule has 0 radical (unpaired) electrons. The van der Waals surface area contributed by atoms with E-state index in [4.69, 9.17) is 0 Å². The largest absolute Gasteiger partial charge is 0.334 e. The molecule has 1 aliphatic heterocycles. The van der Waals surface area contributed by atoms with Gasteiger partial charge in [-0.3, -0.25) is 9.98 Å². The third-order valence-corrected chi connectivity index (χ3v) is 2.43. The second-order valence-electron chi connectivity index (χ2n) is 2.55. The fraction of sp³-hybridized carbons (Fsp3) is 0.250. The number of hydrogen-bond acceptors (Lipinski definition) is 4. The average molecular weight is 197 g/mol. The Morgan fingerprint density at radius 2 is 2.38 bits per heavy atom. The van der Waals surface area contributed by atoms with Crippen LogP contribution in [0.5, 0.6) is 0 Å². The molecule has 0 aliphatic carbocycles. The monoisotopic (exact) mass is 197 g/mol. The van der Waals surface area contributed by atoms with Gasteiger partial charge in [-0.05, 0) is 0 Å². The van der Waals surface area contributed by atoms with Crippen LogP contribution in [-0.4, -0.2) is 22.4 Å². The van der Waals surface area contributed by atoms with E-state index < -0.39 is 0 Å². The van der Waals surface area contributed by atoms with E-state index in [0.29, 0.717) is 5.69 Å². The topological polar surface area (TPSA) is 37.3 Å². The van der Waals surface area contributed by atoms with Crippen molar-refractivity contribution in [2.24, 2.45) is 4.99 Å². The van der Waals surface area contributed by atoms with Crippen LogP contribution in [0.3, 0.4) is 0 Å². The Balaban J connectivity index is 2.09. The third kappa shape index (κ3) is 2.18. The van der Waals surface area contributed by atoms with Gasteiger partial charge in [0.05, 0.1) is 24.6 Å². The van der Waals surface area contributed by atoms with Crippen molar-refractivity contribution in [3.63, 3.8) is 0 Å². The Hall–Kier alpha value is -1.10. The lowest BCUT2D eigenvalue weighted by atomic mass is 10.4. The Labute approximate surface area is 79.5 Å². The number of nitrogens with one attached hydrogen (secondary N) is 1. The molecule has 0 saturated heterocycles. The minimum absolute atomic E-state index is 0.339. The molecule has 68 valence electrons. The molecule has 2 rings (SSSR count). The first-order valence-electron chi connectivity index (χ1n) is 3.89. The second kappa shape index (κ2) is 3.74. The van der Waals surface area contributed by atoms with Crippen LogP contribution < -0.4 is 5.32 Å². The molecule has 1 aromatic heterocycles. The number of amidine groups is 1. The fourth-order valence-electron chi connectivity index (χ4n) is 1.01. The highest BCUT2D eigenvalue weighted by Crippen LogP contribution is 2.15. The highest BCUT2D eigenvalue weighted by Gasteiger charge is 2.06. The van der Waals surface area contributed by atoms with Gasteiger partial charge in [0.1, 0.15) is 5.82 Å². The number of pyridine rings is 1. The molecule has 2 heterocycles. The van der Waals surface area contributed by atoms with Gasteiger partial charge in [-0.25, -0.2) is 4.39 Å². The molecule has 13 heavy (non-hydrogen) atoms. The number of halogens is 1. The van der Waals surface area contributed by atoms with Crippen molar-refractivity contribution < 1.29 is 4.39 Å². The molecule has 0 fully saturated rings. The lowest BCUT2D eigenvalue weighted by Gasteiger charge is -2.03. The zero-order valence-electron chi connectivity index (χ0n) is 6.83. The number of aromatic nitrogens is 1. The van der Waals surface area contributed by atoms with Gasteiger partial charge in [0, 0.05) is 11.8 Å². The van der Waals surface area contributed by atoms with Crippen LogP contribution in [0.25, 0.3) is 0 Å². The van der Waals surface area contributed by atoms with E-state index in [-0.39, 0.29) is 5.82 Å². The minimum atomic E-state index is -0.339. The molecule has 1 aliphatic rings. The molecule has 0 saturated carbocycles. The smallest absolute Gasteiger partial charge is 0.161 e. The van der Waals surface area contributed by atoms with Crippen LogP contribution in [0.2, 0.25) is 0 Å². The number of aliphatic imine (C=N–C) groups is 1. The maximum Gasteiger partial charge on any atom is 0.161 e. The van der Waals surface area contributed by atoms with Gasteiger partial charge < -0.3 is 5.32 Å². The number of thioether (sulfide) groups is 1. The van der Waals surface area contributed by atoms with Gasteiger partial charge in [0.25, 0.3) is 0 Å². The summed E-state index contributed by atoms with van der Waals surface area (Å²) >= 11 is 1.63. The Morgan fingerprint density at radius 3 is 3.08 bits per heavy atom. The van der Waals surface area contributed by atoms with Crippen molar-refractivity contribution in [3.05, 3.63) is 24.3 Å². The second-order valence-corrected chi connectivity index (χ2v) is 3.64. The molecule has 5 heteroatoms. The van der Waals surface area contributed by atoms with E-state index in [0.717, 1.165) is 17.5 Å². The highest BCUT2D eigenvalue weighted by molar-refractivity contribution is 8.14. The summed E-state index contributed by atoms with van der Waals surface area (Å²) in [6, 6.07) is 1.40. The van der Waals surface area contributed by atoms with Crippen molar-refractivity contribution in [1.82, 2.24) is 4.98 Å². The summed E-state index contributed by atoms with van der Waals surface area (Å²) in [5.41, 5.74) is 0.646. The lowest BCUT2D eigenvalue weighted by molar-refractivity contribution is 0.622. The van der Waals surface area contributed by atoms with Crippen LogP contribution in [0.4, 0.5) is 10.1 Å². The number of rotatable bonds is 1. The Morgan fingerprint density at radius 1 is 1.46 bits per heavy atom. The zero-order chi connectivity index (χ0) is 9.10. The van der Waals surface area contributed by atoms with Crippen LogP contribution in [0.1, 0.15) is 0 Å². The van der Waals surface area contributed by atoms with E-state index in [9.17, 15) is 4.39 Å². The lowest BCUT2D eigenvalue weighted by Crippen LogP contribution is -2.05. The predicted octanol–water partition coefficient (Wildman–Crippen LogP) is 1.74. The van der Waals surface area contributed by atoms with Crippen molar-refractivity contribution in [3.8, 4) is 0 Å². The van der Waals surface area contributed by atoms with Crippen LogP contribution >= 0.6 is 11.8 Å². The van der Waals surface area contributed by atoms with Gasteiger partial charge in [-0.2, -0.15) is 0 Å². The molecule has 0 spiro atoms. The molecule has 0 amide bonds. The first-order chi connectivity index (χ1) is 6.34. The SMILES string of the molecule is Fc1cncc(NC2=NCCS2)c1. The van der Waals surface area contributed by atoms with Gasteiger partial charge in [0.15, 0.2) is 5.17 Å². The van der Waals surface area contributed by atoms with Crippen molar-refractivity contribution in [1.29, 1.82) is 0 Å². The first kappa shape index (κ1) is 8.50. The number of hydrogen-bond donors (Lipinski definition) is 1. The fourth-order valence-corrected chi connectivity index (χ4v) is 1.76. The molecule has 1 aromatic rings. The van der Waals surface area contributed by atoms with Crippen molar-refractivity contribution >= 4 is 22.6 Å². The first-order valence-corrected chi connectivity index (χ1v) is 4.88. The van der Waals surface area contributed by atoms with Crippen LogP contribution in [0, 0.1) is 5.82 Å². The molecule has 0 aromatic carbocycles. The Bertz CT molecular complexity index is 340. The molecule has 0 unspecified atom stereocenters. The minimum Gasteiger partial charge on any atom is -0.334 e. The van der Waals surface area contributed by atoms with Crippen LogP contribution in [0.15, 0.2) is 23.5 Å². The molecular formula is C8H8FN3S. The van der Waals surface area contributed by atoms with Gasteiger partial charge in [-0.1, -0.05) is 11.8 Å². The van der Waals surface area contributed by atoms with Gasteiger partial charge in [-0.15, -0.1) is 0 Å². The van der Waals surface area contributed by atoms with Crippen molar-refractivity contribution in [2.45, 2.75) is 0 Å². The maximum atomic E-state index is 12.7. The summed E-state index contributed by atoms with van der Waals surface area (Å²) in [6.45, 7) is 0.829. The van der Waals surface area contributed by atoms with E-state index in [1.807, 2.05) is 0 Å². The molecular weight excluding hydrogens is 189 g/mol. The Kier molecular flexibility index (Phi) is 2.44. The van der Waals surface area contributed by atoms with Gasteiger partial charge in [0.2, 0.25) is 0 Å². The number of anilines is 1. The summed E-state index contributed by atoms with van der Waals surface area (Å²) in [7, 11) is 0. The van der Waals surface area contributed by atoms with E-state index in [2.05, 4.69) is 15.3 Å².